The molecule has 0 amide bonds. The Morgan fingerprint density at radius 2 is 2.11 bits per heavy atom. The van der Waals surface area contributed by atoms with Gasteiger partial charge in [0.1, 0.15) is 6.23 Å². The van der Waals surface area contributed by atoms with Crippen LogP contribution in [0.15, 0.2) is 36.9 Å². The summed E-state index contributed by atoms with van der Waals surface area (Å²) in [5.74, 6) is 0.749. The lowest BCUT2D eigenvalue weighted by Crippen LogP contribution is -2.18. The van der Waals surface area contributed by atoms with Gasteiger partial charge >= 0.3 is 0 Å². The molecule has 28 heavy (non-hydrogen) atoms. The van der Waals surface area contributed by atoms with E-state index in [1.807, 2.05) is 17.1 Å². The van der Waals surface area contributed by atoms with Crippen LogP contribution in [0.25, 0.3) is 22.2 Å². The fourth-order valence-corrected chi connectivity index (χ4v) is 4.52. The van der Waals surface area contributed by atoms with Gasteiger partial charge in [0.05, 0.1) is 23.6 Å². The van der Waals surface area contributed by atoms with Crippen molar-refractivity contribution in [2.24, 2.45) is 5.92 Å². The molecule has 3 aromatic rings. The van der Waals surface area contributed by atoms with Gasteiger partial charge in [-0.3, -0.25) is 4.98 Å². The van der Waals surface area contributed by atoms with Gasteiger partial charge in [0.25, 0.3) is 0 Å². The number of fused-ring (bicyclic) bond motifs is 1. The maximum atomic E-state index is 5.84. The third-order valence-electron chi connectivity index (χ3n) is 6.16. The zero-order chi connectivity index (χ0) is 18.8. The topological polar surface area (TPSA) is 56.9 Å². The number of hydrogen-bond donors (Lipinski definition) is 1. The number of hydrogen-bond acceptors (Lipinski definition) is 4. The van der Waals surface area contributed by atoms with E-state index >= 15 is 0 Å². The highest BCUT2D eigenvalue weighted by Gasteiger charge is 2.18. The summed E-state index contributed by atoms with van der Waals surface area (Å²) in [6.07, 6.45) is 15.5. The third-order valence-corrected chi connectivity index (χ3v) is 6.16. The predicted octanol–water partition coefficient (Wildman–Crippen LogP) is 3.99. The Labute approximate surface area is 165 Å². The minimum absolute atomic E-state index is 0.0707. The van der Waals surface area contributed by atoms with Gasteiger partial charge in [0, 0.05) is 36.5 Å². The second-order valence-electron chi connectivity index (χ2n) is 8.17. The fraction of sp³-hybridized carbons (Fsp3) is 0.545. The molecule has 0 aliphatic carbocycles. The van der Waals surface area contributed by atoms with Gasteiger partial charge in [-0.25, -0.2) is 4.68 Å². The lowest BCUT2D eigenvalue weighted by Gasteiger charge is -2.22. The first-order chi connectivity index (χ1) is 13.9. The molecule has 2 aliphatic heterocycles. The molecule has 0 radical (unpaired) electrons. The molecule has 3 aromatic heterocycles. The molecular weight excluding hydrogens is 350 g/mol. The zero-order valence-electron chi connectivity index (χ0n) is 16.4. The van der Waals surface area contributed by atoms with E-state index < -0.39 is 0 Å². The van der Waals surface area contributed by atoms with Crippen molar-refractivity contribution in [3.05, 3.63) is 36.9 Å². The van der Waals surface area contributed by atoms with Gasteiger partial charge in [0.2, 0.25) is 0 Å². The molecule has 0 saturated carbocycles. The maximum absolute atomic E-state index is 5.84. The first kappa shape index (κ1) is 17.9. The van der Waals surface area contributed by atoms with E-state index in [0.717, 1.165) is 56.3 Å². The third kappa shape index (κ3) is 3.71. The van der Waals surface area contributed by atoms with Crippen molar-refractivity contribution in [3.8, 4) is 11.3 Å². The van der Waals surface area contributed by atoms with Crippen molar-refractivity contribution in [1.29, 1.82) is 0 Å². The van der Waals surface area contributed by atoms with Gasteiger partial charge in [-0.2, -0.15) is 5.10 Å². The lowest BCUT2D eigenvalue weighted by molar-refractivity contribution is -0.0394. The van der Waals surface area contributed by atoms with Gasteiger partial charge in [-0.05, 0) is 69.7 Å². The first-order valence-corrected chi connectivity index (χ1v) is 10.7. The average Bonchev–Trinajstić information content (AvgIpc) is 3.30. The van der Waals surface area contributed by atoms with E-state index in [2.05, 4.69) is 39.5 Å². The molecule has 5 heterocycles. The molecule has 2 saturated heterocycles. The number of ether oxygens (including phenoxy) is 1. The van der Waals surface area contributed by atoms with E-state index in [4.69, 9.17) is 9.72 Å². The Kier molecular flexibility index (Phi) is 5.14. The summed E-state index contributed by atoms with van der Waals surface area (Å²) < 4.78 is 10.2. The van der Waals surface area contributed by atoms with Crippen molar-refractivity contribution < 1.29 is 4.74 Å². The van der Waals surface area contributed by atoms with Crippen LogP contribution < -0.4 is 5.32 Å². The van der Waals surface area contributed by atoms with Gasteiger partial charge in [0.15, 0.2) is 0 Å². The van der Waals surface area contributed by atoms with Crippen molar-refractivity contribution in [2.45, 2.75) is 51.3 Å². The minimum atomic E-state index is 0.0707. The number of nitrogens with one attached hydrogen (secondary N) is 1. The minimum Gasteiger partial charge on any atom is -0.357 e. The molecule has 6 nitrogen and oxygen atoms in total. The molecule has 2 unspecified atom stereocenters. The Balaban J connectivity index is 1.35. The molecular formula is C22H29N5O. The molecule has 148 valence electrons. The monoisotopic (exact) mass is 379 g/mol. The predicted molar refractivity (Wildman–Crippen MR) is 110 cm³/mol. The Morgan fingerprint density at radius 3 is 3.04 bits per heavy atom. The van der Waals surface area contributed by atoms with Crippen LogP contribution in [0.2, 0.25) is 0 Å². The smallest absolute Gasteiger partial charge is 0.150 e. The van der Waals surface area contributed by atoms with Crippen LogP contribution in [-0.2, 0) is 11.3 Å². The summed E-state index contributed by atoms with van der Waals surface area (Å²) in [6, 6.07) is 4.40. The normalized spacial score (nSPS) is 23.7. The van der Waals surface area contributed by atoms with Crippen molar-refractivity contribution in [1.82, 2.24) is 24.6 Å². The van der Waals surface area contributed by atoms with E-state index in [0.29, 0.717) is 0 Å². The first-order valence-electron chi connectivity index (χ1n) is 10.7. The Hall–Kier alpha value is -2.18. The quantitative estimate of drug-likeness (QED) is 0.745. The lowest BCUT2D eigenvalue weighted by atomic mass is 10.0. The van der Waals surface area contributed by atoms with Gasteiger partial charge < -0.3 is 14.6 Å². The average molecular weight is 380 g/mol. The molecule has 6 heteroatoms. The number of aromatic nitrogens is 4. The zero-order valence-corrected chi connectivity index (χ0v) is 16.4. The van der Waals surface area contributed by atoms with E-state index in [9.17, 15) is 0 Å². The molecule has 1 N–H and O–H groups in total. The number of rotatable bonds is 4. The van der Waals surface area contributed by atoms with Gasteiger partial charge in [-0.15, -0.1) is 0 Å². The van der Waals surface area contributed by atoms with E-state index in [1.54, 1.807) is 0 Å². The van der Waals surface area contributed by atoms with E-state index in [1.165, 1.54) is 36.6 Å². The number of pyridine rings is 1. The Bertz CT molecular complexity index is 916. The summed E-state index contributed by atoms with van der Waals surface area (Å²) in [4.78, 5) is 4.75. The van der Waals surface area contributed by atoms with Crippen molar-refractivity contribution >= 4 is 10.9 Å². The summed E-state index contributed by atoms with van der Waals surface area (Å²) >= 11 is 0. The molecule has 0 aromatic carbocycles. The van der Waals surface area contributed by atoms with Crippen molar-refractivity contribution in [3.63, 3.8) is 0 Å². The highest BCUT2D eigenvalue weighted by Crippen LogP contribution is 2.27. The summed E-state index contributed by atoms with van der Waals surface area (Å²) in [5, 5.41) is 9.28. The van der Waals surface area contributed by atoms with E-state index in [-0.39, 0.29) is 6.23 Å². The highest BCUT2D eigenvalue weighted by molar-refractivity contribution is 5.83. The van der Waals surface area contributed by atoms with Crippen LogP contribution >= 0.6 is 0 Å². The number of nitrogens with zero attached hydrogens (tertiary/aromatic N) is 4. The van der Waals surface area contributed by atoms with Crippen LogP contribution in [0.3, 0.4) is 0 Å². The molecule has 2 fully saturated rings. The Morgan fingerprint density at radius 1 is 1.11 bits per heavy atom. The standard InChI is InChI=1S/C22H29N5O/c1-2-11-28-22(5-1)27-16-19(13-25-27)20-12-18-7-10-26(21(18)14-24-20)15-17-4-3-8-23-9-6-17/h7,10,12-14,16-17,22-23H,1-6,8-9,11,15H2. The second-order valence-corrected chi connectivity index (χ2v) is 8.17. The SMILES string of the molecule is c1nn(C2CCCCO2)cc1-c1cc2ccn(CC3CCCNCC3)c2cn1. The molecule has 2 atom stereocenters. The van der Waals surface area contributed by atoms with Gasteiger partial charge in [-0.1, -0.05) is 0 Å². The highest BCUT2D eigenvalue weighted by atomic mass is 16.5. The summed E-state index contributed by atoms with van der Waals surface area (Å²) in [6.45, 7) is 4.21. The van der Waals surface area contributed by atoms with Crippen LogP contribution in [0.4, 0.5) is 0 Å². The fourth-order valence-electron chi connectivity index (χ4n) is 4.52. The second kappa shape index (κ2) is 8.05. The van der Waals surface area contributed by atoms with Crippen LogP contribution in [-0.4, -0.2) is 39.0 Å². The summed E-state index contributed by atoms with van der Waals surface area (Å²) in [5.41, 5.74) is 3.26. The van der Waals surface area contributed by atoms with Crippen LogP contribution in [0.5, 0.6) is 0 Å². The molecule has 2 aliphatic rings. The van der Waals surface area contributed by atoms with Crippen molar-refractivity contribution in [2.75, 3.05) is 19.7 Å². The maximum Gasteiger partial charge on any atom is 0.150 e. The van der Waals surface area contributed by atoms with Crippen LogP contribution in [0, 0.1) is 5.92 Å². The largest absolute Gasteiger partial charge is 0.357 e. The molecule has 5 rings (SSSR count). The summed E-state index contributed by atoms with van der Waals surface area (Å²) in [7, 11) is 0. The molecule has 0 spiro atoms. The molecule has 0 bridgehead atoms. The van der Waals surface area contributed by atoms with Crippen LogP contribution in [0.1, 0.15) is 44.8 Å².